The molecule has 0 aromatic rings. The summed E-state index contributed by atoms with van der Waals surface area (Å²) in [6.07, 6.45) is 5.93. The SMILES string of the molecule is Cl.NC1[C@@H]2CC[C@H]1CN(C(=O)COCC1CCCCO1)C2. The van der Waals surface area contributed by atoms with Crippen molar-refractivity contribution >= 4 is 18.3 Å². The van der Waals surface area contributed by atoms with Crippen LogP contribution in [0.3, 0.4) is 0 Å². The Balaban J connectivity index is 0.00000161. The minimum Gasteiger partial charge on any atom is -0.376 e. The van der Waals surface area contributed by atoms with Crippen molar-refractivity contribution < 1.29 is 14.3 Å². The van der Waals surface area contributed by atoms with E-state index in [1.165, 1.54) is 19.3 Å². The first kappa shape index (κ1) is 17.0. The molecule has 6 heteroatoms. The molecule has 21 heavy (non-hydrogen) atoms. The van der Waals surface area contributed by atoms with E-state index < -0.39 is 0 Å². The minimum atomic E-state index is 0. The second-order valence-corrected chi connectivity index (χ2v) is 6.48. The number of halogens is 1. The Bertz CT molecular complexity index is 336. The number of piperidine rings is 1. The molecule has 3 rings (SSSR count). The third-order valence-electron chi connectivity index (χ3n) is 5.06. The van der Waals surface area contributed by atoms with Crippen molar-refractivity contribution in [3.8, 4) is 0 Å². The van der Waals surface area contributed by atoms with E-state index >= 15 is 0 Å². The smallest absolute Gasteiger partial charge is 0.248 e. The van der Waals surface area contributed by atoms with Gasteiger partial charge in [-0.2, -0.15) is 0 Å². The average molecular weight is 319 g/mol. The fourth-order valence-corrected chi connectivity index (χ4v) is 3.78. The highest BCUT2D eigenvalue weighted by Crippen LogP contribution is 2.35. The van der Waals surface area contributed by atoms with Gasteiger partial charge in [0.1, 0.15) is 6.61 Å². The zero-order chi connectivity index (χ0) is 13.9. The third-order valence-corrected chi connectivity index (χ3v) is 5.06. The molecule has 2 bridgehead atoms. The first-order chi connectivity index (χ1) is 9.74. The van der Waals surface area contributed by atoms with Gasteiger partial charge in [-0.3, -0.25) is 4.79 Å². The van der Waals surface area contributed by atoms with Crippen LogP contribution in [0, 0.1) is 11.8 Å². The van der Waals surface area contributed by atoms with Crippen molar-refractivity contribution in [1.82, 2.24) is 4.90 Å². The van der Waals surface area contributed by atoms with E-state index in [4.69, 9.17) is 15.2 Å². The van der Waals surface area contributed by atoms with Crippen molar-refractivity contribution in [1.29, 1.82) is 0 Å². The molecule has 0 radical (unpaired) electrons. The zero-order valence-corrected chi connectivity index (χ0v) is 13.4. The average Bonchev–Trinajstić information content (AvgIpc) is 2.69. The van der Waals surface area contributed by atoms with Crippen LogP contribution in [0.15, 0.2) is 0 Å². The fraction of sp³-hybridized carbons (Fsp3) is 0.933. The second kappa shape index (κ2) is 7.77. The van der Waals surface area contributed by atoms with E-state index in [0.717, 1.165) is 32.5 Å². The minimum absolute atomic E-state index is 0. The van der Waals surface area contributed by atoms with E-state index in [9.17, 15) is 4.79 Å². The molecule has 0 aromatic heterocycles. The van der Waals surface area contributed by atoms with Gasteiger partial charge in [-0.1, -0.05) is 0 Å². The third kappa shape index (κ3) is 4.09. The highest BCUT2D eigenvalue weighted by Gasteiger charge is 2.41. The number of hydrogen-bond donors (Lipinski definition) is 1. The molecule has 0 aromatic carbocycles. The standard InChI is InChI=1S/C15H26N2O3.ClH/c16-15-11-4-5-12(15)8-17(7-11)14(18)10-19-9-13-3-1-2-6-20-13;/h11-13,15H,1-10,16H2;1H/t11-,12+,13?,15?;. The second-order valence-electron chi connectivity index (χ2n) is 6.48. The van der Waals surface area contributed by atoms with Gasteiger partial charge in [0.05, 0.1) is 12.7 Å². The fourth-order valence-electron chi connectivity index (χ4n) is 3.78. The molecule has 5 nitrogen and oxygen atoms in total. The van der Waals surface area contributed by atoms with Gasteiger partial charge in [0.2, 0.25) is 5.91 Å². The molecule has 2 aliphatic heterocycles. The van der Waals surface area contributed by atoms with Gasteiger partial charge in [0, 0.05) is 25.7 Å². The van der Waals surface area contributed by atoms with E-state index in [1.54, 1.807) is 0 Å². The normalized spacial score (nSPS) is 35.4. The Kier molecular flexibility index (Phi) is 6.29. The quantitative estimate of drug-likeness (QED) is 0.845. The van der Waals surface area contributed by atoms with Gasteiger partial charge < -0.3 is 20.1 Å². The lowest BCUT2D eigenvalue weighted by Crippen LogP contribution is -2.51. The first-order valence-corrected chi connectivity index (χ1v) is 7.96. The summed E-state index contributed by atoms with van der Waals surface area (Å²) < 4.78 is 11.2. The topological polar surface area (TPSA) is 64.8 Å². The maximum atomic E-state index is 12.2. The number of fused-ring (bicyclic) bond motifs is 2. The van der Waals surface area contributed by atoms with Crippen molar-refractivity contribution in [3.63, 3.8) is 0 Å². The number of likely N-dealkylation sites (tertiary alicyclic amines) is 1. The summed E-state index contributed by atoms with van der Waals surface area (Å²) in [5.74, 6) is 1.11. The van der Waals surface area contributed by atoms with Crippen LogP contribution in [0.4, 0.5) is 0 Å². The first-order valence-electron chi connectivity index (χ1n) is 7.96. The van der Waals surface area contributed by atoms with Gasteiger partial charge in [0.25, 0.3) is 0 Å². The summed E-state index contributed by atoms with van der Waals surface area (Å²) in [6.45, 7) is 3.20. The van der Waals surface area contributed by atoms with Crippen LogP contribution in [0.1, 0.15) is 32.1 Å². The number of carbonyl (C=O) groups excluding carboxylic acids is 1. The molecule has 4 atom stereocenters. The monoisotopic (exact) mass is 318 g/mol. The van der Waals surface area contributed by atoms with E-state index in [1.807, 2.05) is 4.90 Å². The predicted octanol–water partition coefficient (Wildman–Crippen LogP) is 1.19. The molecule has 2 heterocycles. The van der Waals surface area contributed by atoms with Crippen molar-refractivity contribution in [2.24, 2.45) is 17.6 Å². The molecule has 1 aliphatic carbocycles. The number of nitrogens with two attached hydrogens (primary N) is 1. The maximum Gasteiger partial charge on any atom is 0.248 e. The van der Waals surface area contributed by atoms with E-state index in [2.05, 4.69) is 0 Å². The predicted molar refractivity (Wildman–Crippen MR) is 82.4 cm³/mol. The van der Waals surface area contributed by atoms with Gasteiger partial charge in [-0.25, -0.2) is 0 Å². The summed E-state index contributed by atoms with van der Waals surface area (Å²) >= 11 is 0. The lowest BCUT2D eigenvalue weighted by atomic mass is 9.93. The summed E-state index contributed by atoms with van der Waals surface area (Å²) in [4.78, 5) is 14.1. The van der Waals surface area contributed by atoms with Crippen LogP contribution < -0.4 is 5.73 Å². The van der Waals surface area contributed by atoms with Crippen LogP contribution in [-0.4, -0.2) is 55.9 Å². The summed E-state index contributed by atoms with van der Waals surface area (Å²) in [5, 5.41) is 0. The molecular weight excluding hydrogens is 292 g/mol. The van der Waals surface area contributed by atoms with Crippen molar-refractivity contribution in [2.45, 2.75) is 44.2 Å². The number of ether oxygens (including phenoxy) is 2. The lowest BCUT2D eigenvalue weighted by Gasteiger charge is -2.36. The van der Waals surface area contributed by atoms with E-state index in [0.29, 0.717) is 24.5 Å². The highest BCUT2D eigenvalue weighted by molar-refractivity contribution is 5.85. The molecule has 1 amide bonds. The molecule has 2 saturated heterocycles. The highest BCUT2D eigenvalue weighted by atomic mass is 35.5. The van der Waals surface area contributed by atoms with Crippen molar-refractivity contribution in [3.05, 3.63) is 0 Å². The van der Waals surface area contributed by atoms with Gasteiger partial charge >= 0.3 is 0 Å². The van der Waals surface area contributed by atoms with Crippen molar-refractivity contribution in [2.75, 3.05) is 32.9 Å². The van der Waals surface area contributed by atoms with Crippen LogP contribution in [-0.2, 0) is 14.3 Å². The summed E-state index contributed by atoms with van der Waals surface area (Å²) in [7, 11) is 0. The molecule has 2 unspecified atom stereocenters. The number of rotatable bonds is 4. The largest absolute Gasteiger partial charge is 0.376 e. The Morgan fingerprint density at radius 1 is 1.19 bits per heavy atom. The lowest BCUT2D eigenvalue weighted by molar-refractivity contribution is -0.140. The molecule has 0 spiro atoms. The van der Waals surface area contributed by atoms with Crippen LogP contribution >= 0.6 is 12.4 Å². The van der Waals surface area contributed by atoms with E-state index in [-0.39, 0.29) is 31.0 Å². The molecule has 3 fully saturated rings. The maximum absolute atomic E-state index is 12.2. The molecule has 1 saturated carbocycles. The Morgan fingerprint density at radius 3 is 2.52 bits per heavy atom. The molecule has 3 aliphatic rings. The number of carbonyl (C=O) groups is 1. The Hall–Kier alpha value is -0.360. The zero-order valence-electron chi connectivity index (χ0n) is 12.5. The van der Waals surface area contributed by atoms with Gasteiger partial charge in [-0.15, -0.1) is 12.4 Å². The Morgan fingerprint density at radius 2 is 1.90 bits per heavy atom. The number of nitrogens with zero attached hydrogens (tertiary/aromatic N) is 1. The molecular formula is C15H27ClN2O3. The molecule has 122 valence electrons. The molecule has 2 N–H and O–H groups in total. The number of amides is 1. The summed E-state index contributed by atoms with van der Waals surface area (Å²) in [5.41, 5.74) is 6.16. The van der Waals surface area contributed by atoms with Crippen LogP contribution in [0.25, 0.3) is 0 Å². The van der Waals surface area contributed by atoms with Gasteiger partial charge in [0.15, 0.2) is 0 Å². The van der Waals surface area contributed by atoms with Crippen LogP contribution in [0.2, 0.25) is 0 Å². The summed E-state index contributed by atoms with van der Waals surface area (Å²) in [6, 6.07) is 0.301. The van der Waals surface area contributed by atoms with Gasteiger partial charge in [-0.05, 0) is 43.9 Å². The Labute approximate surface area is 132 Å². The van der Waals surface area contributed by atoms with Crippen LogP contribution in [0.5, 0.6) is 0 Å². The number of hydrogen-bond acceptors (Lipinski definition) is 4.